The average Bonchev–Trinajstić information content (AvgIpc) is 2.55. The Morgan fingerprint density at radius 1 is 1.38 bits per heavy atom. The van der Waals surface area contributed by atoms with E-state index >= 15 is 0 Å². The van der Waals surface area contributed by atoms with Gasteiger partial charge in [0.1, 0.15) is 5.82 Å². The van der Waals surface area contributed by atoms with E-state index < -0.39 is 6.10 Å². The summed E-state index contributed by atoms with van der Waals surface area (Å²) in [4.78, 5) is 20.8. The van der Waals surface area contributed by atoms with Crippen molar-refractivity contribution in [3.8, 4) is 0 Å². The van der Waals surface area contributed by atoms with Crippen molar-refractivity contribution in [1.82, 2.24) is 9.88 Å². The number of ether oxygens (including phenoxy) is 1. The molecule has 0 radical (unpaired) electrons. The predicted octanol–water partition coefficient (Wildman–Crippen LogP) is 1.52. The first-order valence-electron chi connectivity index (χ1n) is 7.09. The molecule has 2 aliphatic heterocycles. The number of carbonyl (C=O) groups is 1. The van der Waals surface area contributed by atoms with Crippen LogP contribution in [-0.2, 0) is 9.53 Å². The molecule has 1 amide bonds. The molecular formula is C14H18ClN3O2S. The van der Waals surface area contributed by atoms with Crippen LogP contribution in [0.25, 0.3) is 0 Å². The highest BCUT2D eigenvalue weighted by Crippen LogP contribution is 2.24. The molecule has 2 fully saturated rings. The Balaban J connectivity index is 1.68. The number of anilines is 1. The topological polar surface area (TPSA) is 45.7 Å². The van der Waals surface area contributed by atoms with Gasteiger partial charge in [-0.3, -0.25) is 4.79 Å². The van der Waals surface area contributed by atoms with E-state index in [0.717, 1.165) is 30.4 Å². The van der Waals surface area contributed by atoms with E-state index in [2.05, 4.69) is 4.98 Å². The molecule has 3 heterocycles. The molecular weight excluding hydrogens is 310 g/mol. The minimum Gasteiger partial charge on any atom is -0.365 e. The number of rotatable bonds is 2. The Hall–Kier alpha value is -0.980. The summed E-state index contributed by atoms with van der Waals surface area (Å²) in [6.45, 7) is 3.36. The van der Waals surface area contributed by atoms with Gasteiger partial charge in [-0.05, 0) is 12.1 Å². The van der Waals surface area contributed by atoms with E-state index in [4.69, 9.17) is 16.3 Å². The molecule has 1 unspecified atom stereocenters. The third kappa shape index (κ3) is 3.44. The van der Waals surface area contributed by atoms with Crippen molar-refractivity contribution >= 4 is 35.1 Å². The van der Waals surface area contributed by atoms with Crippen LogP contribution in [-0.4, -0.2) is 66.2 Å². The highest BCUT2D eigenvalue weighted by Gasteiger charge is 2.31. The smallest absolute Gasteiger partial charge is 0.253 e. The third-order valence-corrected chi connectivity index (χ3v) is 4.94. The van der Waals surface area contributed by atoms with Crippen LogP contribution in [0.1, 0.15) is 0 Å². The number of hydrogen-bond acceptors (Lipinski definition) is 5. The molecule has 0 saturated carbocycles. The van der Waals surface area contributed by atoms with Gasteiger partial charge in [0.15, 0.2) is 6.10 Å². The van der Waals surface area contributed by atoms with E-state index in [1.165, 1.54) is 0 Å². The molecule has 21 heavy (non-hydrogen) atoms. The Labute approximate surface area is 133 Å². The minimum atomic E-state index is -0.417. The van der Waals surface area contributed by atoms with E-state index in [1.807, 2.05) is 27.6 Å². The minimum absolute atomic E-state index is 0.0899. The third-order valence-electron chi connectivity index (χ3n) is 3.70. The summed E-state index contributed by atoms with van der Waals surface area (Å²) in [7, 11) is 0. The molecule has 1 aromatic rings. The van der Waals surface area contributed by atoms with Crippen molar-refractivity contribution in [3.63, 3.8) is 0 Å². The van der Waals surface area contributed by atoms with Crippen molar-refractivity contribution in [3.05, 3.63) is 23.4 Å². The molecule has 7 heteroatoms. The van der Waals surface area contributed by atoms with Crippen LogP contribution in [0.5, 0.6) is 0 Å². The number of amides is 1. The largest absolute Gasteiger partial charge is 0.365 e. The summed E-state index contributed by atoms with van der Waals surface area (Å²) in [6.07, 6.45) is 1.30. The summed E-state index contributed by atoms with van der Waals surface area (Å²) in [6, 6.07) is 3.62. The van der Waals surface area contributed by atoms with Crippen molar-refractivity contribution in [2.75, 3.05) is 49.2 Å². The SMILES string of the molecule is O=C(C1CN(c2ncccc2Cl)CCO1)N1CCSCC1. The molecule has 5 nitrogen and oxygen atoms in total. The van der Waals surface area contributed by atoms with E-state index in [0.29, 0.717) is 24.7 Å². The summed E-state index contributed by atoms with van der Waals surface area (Å²) in [5, 5.41) is 0.611. The lowest BCUT2D eigenvalue weighted by molar-refractivity contribution is -0.144. The molecule has 2 saturated heterocycles. The second-order valence-electron chi connectivity index (χ2n) is 5.05. The van der Waals surface area contributed by atoms with Crippen LogP contribution >= 0.6 is 23.4 Å². The van der Waals surface area contributed by atoms with Crippen molar-refractivity contribution in [1.29, 1.82) is 0 Å². The van der Waals surface area contributed by atoms with Crippen LogP contribution in [0.4, 0.5) is 5.82 Å². The lowest BCUT2D eigenvalue weighted by atomic mass is 10.2. The summed E-state index contributed by atoms with van der Waals surface area (Å²) >= 11 is 8.08. The van der Waals surface area contributed by atoms with Crippen LogP contribution in [0.3, 0.4) is 0 Å². The molecule has 1 aromatic heterocycles. The van der Waals surface area contributed by atoms with Gasteiger partial charge in [0, 0.05) is 37.3 Å². The normalized spacial score (nSPS) is 23.2. The van der Waals surface area contributed by atoms with Gasteiger partial charge in [-0.25, -0.2) is 4.98 Å². The number of halogens is 1. The fourth-order valence-corrected chi connectivity index (χ4v) is 3.73. The predicted molar refractivity (Wildman–Crippen MR) is 85.1 cm³/mol. The molecule has 0 N–H and O–H groups in total. The number of aromatic nitrogens is 1. The number of nitrogens with zero attached hydrogens (tertiary/aromatic N) is 3. The Kier molecular flexibility index (Phi) is 4.87. The molecule has 114 valence electrons. The van der Waals surface area contributed by atoms with E-state index in [1.54, 1.807) is 12.3 Å². The summed E-state index contributed by atoms with van der Waals surface area (Å²) in [5.74, 6) is 2.84. The molecule has 0 aliphatic carbocycles. The van der Waals surface area contributed by atoms with Crippen LogP contribution in [0, 0.1) is 0 Å². The first-order chi connectivity index (χ1) is 10.3. The first-order valence-corrected chi connectivity index (χ1v) is 8.62. The highest BCUT2D eigenvalue weighted by molar-refractivity contribution is 7.99. The van der Waals surface area contributed by atoms with Gasteiger partial charge in [-0.2, -0.15) is 11.8 Å². The Bertz CT molecular complexity index is 511. The molecule has 0 aromatic carbocycles. The van der Waals surface area contributed by atoms with Gasteiger partial charge >= 0.3 is 0 Å². The number of pyridine rings is 1. The first kappa shape index (κ1) is 14.9. The monoisotopic (exact) mass is 327 g/mol. The van der Waals surface area contributed by atoms with Crippen LogP contribution < -0.4 is 4.90 Å². The van der Waals surface area contributed by atoms with Gasteiger partial charge < -0.3 is 14.5 Å². The zero-order valence-corrected chi connectivity index (χ0v) is 13.3. The molecule has 0 spiro atoms. The zero-order valence-electron chi connectivity index (χ0n) is 11.7. The number of hydrogen-bond donors (Lipinski definition) is 0. The fraction of sp³-hybridized carbons (Fsp3) is 0.571. The maximum atomic E-state index is 12.5. The van der Waals surface area contributed by atoms with Crippen molar-refractivity contribution in [2.24, 2.45) is 0 Å². The van der Waals surface area contributed by atoms with E-state index in [-0.39, 0.29) is 5.91 Å². The van der Waals surface area contributed by atoms with Gasteiger partial charge in [-0.15, -0.1) is 0 Å². The maximum absolute atomic E-state index is 12.5. The number of morpholine rings is 1. The molecule has 0 bridgehead atoms. The van der Waals surface area contributed by atoms with Crippen molar-refractivity contribution < 1.29 is 9.53 Å². The van der Waals surface area contributed by atoms with E-state index in [9.17, 15) is 4.79 Å². The van der Waals surface area contributed by atoms with Crippen LogP contribution in [0.15, 0.2) is 18.3 Å². The molecule has 3 rings (SSSR count). The van der Waals surface area contributed by atoms with Gasteiger partial charge in [-0.1, -0.05) is 11.6 Å². The second kappa shape index (κ2) is 6.85. The van der Waals surface area contributed by atoms with Gasteiger partial charge in [0.25, 0.3) is 5.91 Å². The number of thioether (sulfide) groups is 1. The summed E-state index contributed by atoms with van der Waals surface area (Å²) in [5.41, 5.74) is 0. The average molecular weight is 328 g/mol. The summed E-state index contributed by atoms with van der Waals surface area (Å²) < 4.78 is 5.67. The van der Waals surface area contributed by atoms with Crippen LogP contribution in [0.2, 0.25) is 5.02 Å². The standard InChI is InChI=1S/C14H18ClN3O2S/c15-11-2-1-3-16-13(11)18-4-7-20-12(10-18)14(19)17-5-8-21-9-6-17/h1-3,12H,4-10H2. The molecule has 1 atom stereocenters. The highest BCUT2D eigenvalue weighted by atomic mass is 35.5. The lowest BCUT2D eigenvalue weighted by Gasteiger charge is -2.36. The zero-order chi connectivity index (χ0) is 14.7. The van der Waals surface area contributed by atoms with Gasteiger partial charge in [0.05, 0.1) is 18.2 Å². The maximum Gasteiger partial charge on any atom is 0.253 e. The van der Waals surface area contributed by atoms with Gasteiger partial charge in [0.2, 0.25) is 0 Å². The number of carbonyl (C=O) groups excluding carboxylic acids is 1. The second-order valence-corrected chi connectivity index (χ2v) is 6.68. The quantitative estimate of drug-likeness (QED) is 0.824. The Morgan fingerprint density at radius 3 is 2.95 bits per heavy atom. The fourth-order valence-electron chi connectivity index (χ4n) is 2.59. The lowest BCUT2D eigenvalue weighted by Crippen LogP contribution is -2.52. The van der Waals surface area contributed by atoms with Crippen molar-refractivity contribution in [2.45, 2.75) is 6.10 Å². The molecule has 2 aliphatic rings. The Morgan fingerprint density at radius 2 is 2.19 bits per heavy atom.